The zero-order valence-corrected chi connectivity index (χ0v) is 25.0. The van der Waals surface area contributed by atoms with Gasteiger partial charge >= 0.3 is 0 Å². The van der Waals surface area contributed by atoms with E-state index in [0.717, 1.165) is 59.8 Å². The van der Waals surface area contributed by atoms with E-state index >= 15 is 0 Å². The van der Waals surface area contributed by atoms with Crippen molar-refractivity contribution >= 4 is 71.3 Å². The molecule has 0 spiro atoms. The lowest BCUT2D eigenvalue weighted by Crippen LogP contribution is -2.09. The Labute approximate surface area is 264 Å². The summed E-state index contributed by atoms with van der Waals surface area (Å²) >= 11 is 1.72. The molecule has 0 aliphatic carbocycles. The van der Waals surface area contributed by atoms with Gasteiger partial charge in [-0.05, 0) is 70.4 Å². The van der Waals surface area contributed by atoms with Gasteiger partial charge in [-0.25, -0.2) is 4.98 Å². The third-order valence-electron chi connectivity index (χ3n) is 8.49. The minimum absolute atomic E-state index is 0.859. The number of rotatable bonds is 5. The molecule has 0 aliphatic heterocycles. The second-order valence-electron chi connectivity index (χ2n) is 11.2. The number of thiazole rings is 1. The van der Waals surface area contributed by atoms with Crippen LogP contribution in [0.25, 0.3) is 64.6 Å². The van der Waals surface area contributed by atoms with Gasteiger partial charge in [0.1, 0.15) is 16.2 Å². The van der Waals surface area contributed by atoms with Crippen LogP contribution in [-0.4, -0.2) is 4.98 Å². The topological polar surface area (TPSA) is 29.3 Å². The summed E-state index contributed by atoms with van der Waals surface area (Å²) in [4.78, 5) is 7.25. The number of aromatic nitrogens is 1. The van der Waals surface area contributed by atoms with Crippen LogP contribution in [0.3, 0.4) is 0 Å². The third kappa shape index (κ3) is 4.38. The van der Waals surface area contributed by atoms with Gasteiger partial charge in [-0.1, -0.05) is 103 Å². The molecule has 9 aromatic rings. The van der Waals surface area contributed by atoms with Crippen LogP contribution in [0, 0.1) is 0 Å². The summed E-state index contributed by atoms with van der Waals surface area (Å²) in [5.74, 6) is 0. The number of furan rings is 1. The van der Waals surface area contributed by atoms with Crippen molar-refractivity contribution in [3.63, 3.8) is 0 Å². The molecular weight excluding hydrogens is 569 g/mol. The molecule has 0 fully saturated rings. The van der Waals surface area contributed by atoms with Crippen LogP contribution in [0.15, 0.2) is 162 Å². The summed E-state index contributed by atoms with van der Waals surface area (Å²) in [6.07, 6.45) is 0. The summed E-state index contributed by atoms with van der Waals surface area (Å²) in [5, 5.41) is 5.75. The van der Waals surface area contributed by atoms with Crippen LogP contribution in [-0.2, 0) is 0 Å². The molecule has 0 bridgehead atoms. The zero-order chi connectivity index (χ0) is 29.7. The molecule has 45 heavy (non-hydrogen) atoms. The first-order valence-corrected chi connectivity index (χ1v) is 15.9. The molecule has 7 aromatic carbocycles. The number of fused-ring (bicyclic) bond motifs is 6. The van der Waals surface area contributed by atoms with Crippen molar-refractivity contribution in [2.45, 2.75) is 0 Å². The van der Waals surface area contributed by atoms with Crippen molar-refractivity contribution in [3.8, 4) is 21.7 Å². The summed E-state index contributed by atoms with van der Waals surface area (Å²) in [6.45, 7) is 0. The fourth-order valence-electron chi connectivity index (χ4n) is 6.37. The Morgan fingerprint density at radius 1 is 0.511 bits per heavy atom. The van der Waals surface area contributed by atoms with E-state index in [1.165, 1.54) is 21.9 Å². The molecule has 9 rings (SSSR count). The maximum Gasteiger partial charge on any atom is 0.137 e. The monoisotopic (exact) mass is 594 g/mol. The van der Waals surface area contributed by atoms with Gasteiger partial charge in [0, 0.05) is 39.5 Å². The largest absolute Gasteiger partial charge is 0.456 e. The Kier molecular flexibility index (Phi) is 6.00. The number of benzene rings is 7. The summed E-state index contributed by atoms with van der Waals surface area (Å²) in [7, 11) is 0. The van der Waals surface area contributed by atoms with Crippen molar-refractivity contribution in [1.82, 2.24) is 4.98 Å². The van der Waals surface area contributed by atoms with Crippen molar-refractivity contribution in [2.75, 3.05) is 4.90 Å². The van der Waals surface area contributed by atoms with Gasteiger partial charge in [0.15, 0.2) is 0 Å². The lowest BCUT2D eigenvalue weighted by atomic mass is 9.98. The van der Waals surface area contributed by atoms with Crippen LogP contribution in [0.5, 0.6) is 0 Å². The fraction of sp³-hybridized carbons (Fsp3) is 0. The molecule has 212 valence electrons. The lowest BCUT2D eigenvalue weighted by Gasteiger charge is -2.25. The predicted molar refractivity (Wildman–Crippen MR) is 190 cm³/mol. The van der Waals surface area contributed by atoms with Crippen LogP contribution in [0.1, 0.15) is 0 Å². The Morgan fingerprint density at radius 2 is 1.22 bits per heavy atom. The molecule has 3 nitrogen and oxygen atoms in total. The van der Waals surface area contributed by atoms with E-state index < -0.39 is 0 Å². The van der Waals surface area contributed by atoms with E-state index in [9.17, 15) is 0 Å². The fourth-order valence-corrected chi connectivity index (χ4v) is 7.49. The number of nitrogens with zero attached hydrogens (tertiary/aromatic N) is 2. The van der Waals surface area contributed by atoms with Crippen molar-refractivity contribution in [1.29, 1.82) is 0 Å². The highest BCUT2D eigenvalue weighted by atomic mass is 32.1. The SMILES string of the molecule is c1ccc(-c2nc3ccc4oc5cc(N(c6ccccc6)c6ccc(-c7cccc8ccccc78)cc6)ccc5c4c3s2)cc1. The molecular formula is C41H26N2OS. The molecule has 0 saturated heterocycles. The Bertz CT molecular complexity index is 2470. The smallest absolute Gasteiger partial charge is 0.137 e. The maximum absolute atomic E-state index is 6.51. The van der Waals surface area contributed by atoms with Gasteiger partial charge in [-0.15, -0.1) is 11.3 Å². The minimum atomic E-state index is 0.859. The predicted octanol–water partition coefficient (Wildman–Crippen LogP) is 12.2. The van der Waals surface area contributed by atoms with Crippen LogP contribution < -0.4 is 4.90 Å². The molecule has 0 N–H and O–H groups in total. The Balaban J connectivity index is 1.16. The van der Waals surface area contributed by atoms with E-state index in [0.29, 0.717) is 0 Å². The van der Waals surface area contributed by atoms with E-state index in [1.54, 1.807) is 11.3 Å². The average Bonchev–Trinajstić information content (AvgIpc) is 3.71. The number of anilines is 3. The Morgan fingerprint density at radius 3 is 2.07 bits per heavy atom. The summed E-state index contributed by atoms with van der Waals surface area (Å²) in [6, 6.07) is 55.5. The van der Waals surface area contributed by atoms with Crippen LogP contribution in [0.4, 0.5) is 17.1 Å². The molecule has 0 amide bonds. The van der Waals surface area contributed by atoms with E-state index in [1.807, 2.05) is 12.1 Å². The molecule has 0 atom stereocenters. The molecule has 2 aromatic heterocycles. The molecule has 0 saturated carbocycles. The standard InChI is InChI=1S/C41H26N2OS/c1-3-11-29(12-4-1)41-42-36-24-25-37-39(40(36)45-41)35-23-22-32(26-38(35)44-37)43(30-14-5-2-6-15-30)31-20-18-28(19-21-31)34-17-9-13-27-10-7-8-16-33(27)34/h1-26H. The maximum atomic E-state index is 6.51. The second-order valence-corrected chi connectivity index (χ2v) is 12.2. The zero-order valence-electron chi connectivity index (χ0n) is 24.2. The first kappa shape index (κ1) is 25.8. The second kappa shape index (κ2) is 10.5. The number of para-hydroxylation sites is 1. The quantitative estimate of drug-likeness (QED) is 0.198. The average molecular weight is 595 g/mol. The molecule has 0 radical (unpaired) electrons. The van der Waals surface area contributed by atoms with Crippen LogP contribution in [0.2, 0.25) is 0 Å². The number of hydrogen-bond donors (Lipinski definition) is 0. The summed E-state index contributed by atoms with van der Waals surface area (Å²) < 4.78 is 7.66. The number of hydrogen-bond acceptors (Lipinski definition) is 4. The molecule has 0 aliphatic rings. The molecule has 4 heteroatoms. The van der Waals surface area contributed by atoms with Gasteiger partial charge in [0.25, 0.3) is 0 Å². The van der Waals surface area contributed by atoms with Gasteiger partial charge in [-0.3, -0.25) is 0 Å². The third-order valence-corrected chi connectivity index (χ3v) is 9.63. The highest BCUT2D eigenvalue weighted by molar-refractivity contribution is 7.22. The van der Waals surface area contributed by atoms with Gasteiger partial charge < -0.3 is 9.32 Å². The van der Waals surface area contributed by atoms with Crippen molar-refractivity contribution in [2.24, 2.45) is 0 Å². The van der Waals surface area contributed by atoms with E-state index in [4.69, 9.17) is 9.40 Å². The van der Waals surface area contributed by atoms with E-state index in [2.05, 4.69) is 150 Å². The van der Waals surface area contributed by atoms with Gasteiger partial charge in [0.2, 0.25) is 0 Å². The van der Waals surface area contributed by atoms with Crippen molar-refractivity contribution in [3.05, 3.63) is 158 Å². The molecule has 0 unspecified atom stereocenters. The van der Waals surface area contributed by atoms with Gasteiger partial charge in [-0.2, -0.15) is 0 Å². The highest BCUT2D eigenvalue weighted by Gasteiger charge is 2.18. The van der Waals surface area contributed by atoms with Gasteiger partial charge in [0.05, 0.1) is 10.2 Å². The Hall–Kier alpha value is -5.71. The van der Waals surface area contributed by atoms with Crippen molar-refractivity contribution < 1.29 is 4.42 Å². The minimum Gasteiger partial charge on any atom is -0.456 e. The first-order chi connectivity index (χ1) is 22.3. The normalized spacial score (nSPS) is 11.6. The highest BCUT2D eigenvalue weighted by Crippen LogP contribution is 2.43. The lowest BCUT2D eigenvalue weighted by molar-refractivity contribution is 0.669. The summed E-state index contributed by atoms with van der Waals surface area (Å²) in [5.41, 5.74) is 9.50. The molecule has 2 heterocycles. The van der Waals surface area contributed by atoms with Crippen LogP contribution >= 0.6 is 11.3 Å². The van der Waals surface area contributed by atoms with E-state index in [-0.39, 0.29) is 0 Å². The first-order valence-electron chi connectivity index (χ1n) is 15.0.